The summed E-state index contributed by atoms with van der Waals surface area (Å²) in [7, 11) is 0. The van der Waals surface area contributed by atoms with Gasteiger partial charge in [0.2, 0.25) is 0 Å². The van der Waals surface area contributed by atoms with Crippen molar-refractivity contribution in [2.24, 2.45) is 5.92 Å². The number of carbonyl (C=O) groups excluding carboxylic acids is 1. The van der Waals surface area contributed by atoms with Gasteiger partial charge in [0.15, 0.2) is 0 Å². The Kier molecular flexibility index (Phi) is 14.9. The van der Waals surface area contributed by atoms with E-state index in [1.54, 1.807) is 0 Å². The first kappa shape index (κ1) is 34.2. The zero-order valence-corrected chi connectivity index (χ0v) is 27.2. The largest absolute Gasteiger partial charge is 0.494 e. The molecule has 1 atom stereocenters. The van der Waals surface area contributed by atoms with Gasteiger partial charge in [-0.1, -0.05) is 123 Å². The molecule has 0 spiro atoms. The van der Waals surface area contributed by atoms with Crippen molar-refractivity contribution >= 4 is 11.6 Å². The van der Waals surface area contributed by atoms with Gasteiger partial charge in [0.1, 0.15) is 5.75 Å². The number of unbranched alkanes of at least 4 members (excludes halogenated alkanes) is 7. The van der Waals surface area contributed by atoms with Crippen LogP contribution in [0.2, 0.25) is 0 Å². The van der Waals surface area contributed by atoms with Crippen molar-refractivity contribution in [2.75, 3.05) is 11.9 Å². The lowest BCUT2D eigenvalue weighted by Gasteiger charge is -2.24. The van der Waals surface area contributed by atoms with Gasteiger partial charge in [-0.15, -0.1) is 0 Å². The molecule has 4 nitrogen and oxygen atoms in total. The molecule has 2 aromatic rings. The van der Waals surface area contributed by atoms with Gasteiger partial charge in [0.05, 0.1) is 12.7 Å². The summed E-state index contributed by atoms with van der Waals surface area (Å²) >= 11 is 0. The van der Waals surface area contributed by atoms with Gasteiger partial charge in [-0.3, -0.25) is 4.79 Å². The molecule has 0 radical (unpaired) electrons. The third-order valence-electron chi connectivity index (χ3n) is 8.87. The number of rotatable bonds is 17. The SMILES string of the molecule is CCCCCCCCCCOc1ccc(C(=O)Nc2cc(CCC(O)CC3CCCCCC3)ccc2C(C)(C)C)cc1. The molecule has 3 rings (SSSR count). The Balaban J connectivity index is 1.50. The van der Waals surface area contributed by atoms with Crippen molar-refractivity contribution in [3.05, 3.63) is 59.2 Å². The van der Waals surface area contributed by atoms with Gasteiger partial charge >= 0.3 is 0 Å². The number of hydrogen-bond donors (Lipinski definition) is 2. The van der Waals surface area contributed by atoms with E-state index in [-0.39, 0.29) is 17.4 Å². The van der Waals surface area contributed by atoms with E-state index in [2.05, 4.69) is 51.2 Å². The van der Waals surface area contributed by atoms with Crippen LogP contribution in [-0.4, -0.2) is 23.7 Å². The van der Waals surface area contributed by atoms with Gasteiger partial charge < -0.3 is 15.2 Å². The molecule has 4 heteroatoms. The minimum absolute atomic E-state index is 0.104. The van der Waals surface area contributed by atoms with Crippen molar-refractivity contribution in [1.29, 1.82) is 0 Å². The van der Waals surface area contributed by atoms with Crippen LogP contribution in [0.15, 0.2) is 42.5 Å². The van der Waals surface area contributed by atoms with Gasteiger partial charge in [-0.05, 0) is 78.5 Å². The highest BCUT2D eigenvalue weighted by molar-refractivity contribution is 6.04. The summed E-state index contributed by atoms with van der Waals surface area (Å²) in [6, 6.07) is 13.9. The summed E-state index contributed by atoms with van der Waals surface area (Å²) < 4.78 is 5.93. The molecule has 1 unspecified atom stereocenters. The summed E-state index contributed by atoms with van der Waals surface area (Å²) in [5, 5.41) is 14.0. The maximum atomic E-state index is 13.3. The zero-order valence-electron chi connectivity index (χ0n) is 27.2. The fraction of sp³-hybridized carbons (Fsp3) is 0.658. The molecule has 42 heavy (non-hydrogen) atoms. The summed E-state index contributed by atoms with van der Waals surface area (Å²) in [4.78, 5) is 13.3. The molecule has 1 aliphatic carbocycles. The monoisotopic (exact) mass is 577 g/mol. The predicted molar refractivity (Wildman–Crippen MR) is 178 cm³/mol. The van der Waals surface area contributed by atoms with Gasteiger partial charge in [0, 0.05) is 11.3 Å². The van der Waals surface area contributed by atoms with Gasteiger partial charge in [-0.2, -0.15) is 0 Å². The van der Waals surface area contributed by atoms with Crippen LogP contribution in [0, 0.1) is 5.92 Å². The topological polar surface area (TPSA) is 58.6 Å². The molecule has 0 bridgehead atoms. The standard InChI is InChI=1S/C38H59NO3/c1-5-6-7-8-9-10-13-16-27-42-34-24-21-32(22-25-34)37(41)39-36-29-31(20-26-35(36)38(2,3)4)19-23-33(40)28-30-17-14-11-12-15-18-30/h20-22,24-26,29-30,33,40H,5-19,23,27-28H2,1-4H3,(H,39,41). The first-order valence-electron chi connectivity index (χ1n) is 17.1. The first-order valence-corrected chi connectivity index (χ1v) is 17.1. The first-order chi connectivity index (χ1) is 20.3. The molecule has 2 aromatic carbocycles. The molecule has 2 N–H and O–H groups in total. The molecule has 0 saturated heterocycles. The number of aliphatic hydroxyl groups is 1. The van der Waals surface area contributed by atoms with E-state index in [0.29, 0.717) is 11.5 Å². The third-order valence-corrected chi connectivity index (χ3v) is 8.87. The van der Waals surface area contributed by atoms with Gasteiger partial charge in [0.25, 0.3) is 5.91 Å². The molecule has 1 amide bonds. The van der Waals surface area contributed by atoms with E-state index in [1.165, 1.54) is 83.5 Å². The van der Waals surface area contributed by atoms with E-state index in [4.69, 9.17) is 4.74 Å². The van der Waals surface area contributed by atoms with E-state index >= 15 is 0 Å². The molecule has 0 aliphatic heterocycles. The molecular formula is C38H59NO3. The smallest absolute Gasteiger partial charge is 0.255 e. The minimum atomic E-state index is -0.260. The lowest BCUT2D eigenvalue weighted by molar-refractivity contribution is 0.102. The van der Waals surface area contributed by atoms with Crippen molar-refractivity contribution in [3.8, 4) is 5.75 Å². The maximum Gasteiger partial charge on any atom is 0.255 e. The number of hydrogen-bond acceptors (Lipinski definition) is 3. The van der Waals surface area contributed by atoms with Crippen LogP contribution in [-0.2, 0) is 11.8 Å². The maximum absolute atomic E-state index is 13.3. The van der Waals surface area contributed by atoms with E-state index in [9.17, 15) is 9.90 Å². The number of amides is 1. The van der Waals surface area contributed by atoms with E-state index in [0.717, 1.165) is 54.9 Å². The third kappa shape index (κ3) is 12.5. The summed E-state index contributed by atoms with van der Waals surface area (Å²) in [6.45, 7) is 9.50. The Morgan fingerprint density at radius 3 is 2.19 bits per heavy atom. The second kappa shape index (κ2) is 18.4. The number of carbonyl (C=O) groups is 1. The van der Waals surface area contributed by atoms with Crippen LogP contribution in [0.4, 0.5) is 5.69 Å². The second-order valence-corrected chi connectivity index (χ2v) is 13.7. The fourth-order valence-electron chi connectivity index (χ4n) is 6.26. The van der Waals surface area contributed by atoms with Crippen LogP contribution in [0.1, 0.15) is 152 Å². The van der Waals surface area contributed by atoms with Crippen LogP contribution >= 0.6 is 0 Å². The van der Waals surface area contributed by atoms with E-state index in [1.807, 2.05) is 24.3 Å². The number of nitrogens with one attached hydrogen (secondary N) is 1. The van der Waals surface area contributed by atoms with Gasteiger partial charge in [-0.25, -0.2) is 0 Å². The fourth-order valence-corrected chi connectivity index (χ4v) is 6.26. The number of aliphatic hydroxyl groups excluding tert-OH is 1. The number of aryl methyl sites for hydroxylation is 1. The van der Waals surface area contributed by atoms with Crippen LogP contribution in [0.3, 0.4) is 0 Å². The molecule has 0 heterocycles. The molecule has 1 saturated carbocycles. The van der Waals surface area contributed by atoms with Crippen molar-refractivity contribution in [2.45, 2.75) is 148 Å². The molecule has 1 aliphatic rings. The van der Waals surface area contributed by atoms with E-state index < -0.39 is 0 Å². The summed E-state index contributed by atoms with van der Waals surface area (Å²) in [6.07, 6.45) is 20.3. The molecule has 234 valence electrons. The average molecular weight is 578 g/mol. The summed E-state index contributed by atoms with van der Waals surface area (Å²) in [5.41, 5.74) is 3.65. The number of benzene rings is 2. The Hall–Kier alpha value is -2.33. The van der Waals surface area contributed by atoms with Crippen molar-refractivity contribution in [1.82, 2.24) is 0 Å². The van der Waals surface area contributed by atoms with Crippen molar-refractivity contribution < 1.29 is 14.6 Å². The molecule has 1 fully saturated rings. The van der Waals surface area contributed by atoms with Crippen LogP contribution in [0.5, 0.6) is 5.75 Å². The Morgan fingerprint density at radius 2 is 1.55 bits per heavy atom. The highest BCUT2D eigenvalue weighted by Crippen LogP contribution is 2.32. The normalized spacial score (nSPS) is 15.3. The lowest BCUT2D eigenvalue weighted by atomic mass is 9.84. The lowest BCUT2D eigenvalue weighted by Crippen LogP contribution is -2.19. The van der Waals surface area contributed by atoms with Crippen molar-refractivity contribution in [3.63, 3.8) is 0 Å². The minimum Gasteiger partial charge on any atom is -0.494 e. The quantitative estimate of drug-likeness (QED) is 0.145. The highest BCUT2D eigenvalue weighted by atomic mass is 16.5. The average Bonchev–Trinajstić information content (AvgIpc) is 3.23. The molecule has 0 aromatic heterocycles. The number of anilines is 1. The second-order valence-electron chi connectivity index (χ2n) is 13.7. The Bertz CT molecular complexity index is 1030. The Labute approximate surface area is 257 Å². The highest BCUT2D eigenvalue weighted by Gasteiger charge is 2.21. The van der Waals surface area contributed by atoms with Crippen LogP contribution < -0.4 is 10.1 Å². The molecular weight excluding hydrogens is 518 g/mol. The summed E-state index contributed by atoms with van der Waals surface area (Å²) in [5.74, 6) is 1.37. The Morgan fingerprint density at radius 1 is 0.905 bits per heavy atom. The van der Waals surface area contributed by atoms with Crippen LogP contribution in [0.25, 0.3) is 0 Å². The zero-order chi connectivity index (χ0) is 30.2. The number of ether oxygens (including phenoxy) is 1. The predicted octanol–water partition coefficient (Wildman–Crippen LogP) is 10.4.